The number of nitrogens with one attached hydrogen (secondary N) is 3. The fraction of sp³-hybridized carbons (Fsp3) is 0.435. The molecule has 2 aliphatic rings. The number of rotatable bonds is 8. The highest BCUT2D eigenvalue weighted by Crippen LogP contribution is 2.32. The van der Waals surface area contributed by atoms with Crippen molar-refractivity contribution in [2.75, 3.05) is 48.3 Å². The lowest BCUT2D eigenvalue weighted by molar-refractivity contribution is 0.114. The highest BCUT2D eigenvalue weighted by Gasteiger charge is 2.22. The number of nitrogens with zero attached hydrogens (tertiary/aromatic N) is 1. The van der Waals surface area contributed by atoms with Crippen LogP contribution in [0.1, 0.15) is 25.7 Å². The first-order valence-corrected chi connectivity index (χ1v) is 13.1. The summed E-state index contributed by atoms with van der Waals surface area (Å²) in [7, 11) is -2.22. The predicted octanol–water partition coefficient (Wildman–Crippen LogP) is 3.56. The predicted molar refractivity (Wildman–Crippen MR) is 135 cm³/mol. The van der Waals surface area contributed by atoms with Gasteiger partial charge in [-0.1, -0.05) is 0 Å². The Bertz CT molecular complexity index is 1060. The lowest BCUT2D eigenvalue weighted by atomic mass is 10.2. The number of sulfonamides is 1. The molecule has 2 aliphatic heterocycles. The summed E-state index contributed by atoms with van der Waals surface area (Å²) in [5.41, 5.74) is 2.07. The molecule has 178 valence electrons. The van der Waals surface area contributed by atoms with Crippen LogP contribution >= 0.6 is 12.2 Å². The van der Waals surface area contributed by atoms with Crippen molar-refractivity contribution in [1.29, 1.82) is 0 Å². The normalized spacial score (nSPS) is 18.2. The minimum atomic E-state index is -3.79. The van der Waals surface area contributed by atoms with E-state index in [9.17, 15) is 8.42 Å². The zero-order valence-corrected chi connectivity index (χ0v) is 20.3. The number of anilines is 3. The van der Waals surface area contributed by atoms with Crippen LogP contribution in [0.25, 0.3) is 0 Å². The first kappa shape index (κ1) is 23.6. The molecule has 2 aromatic rings. The summed E-state index contributed by atoms with van der Waals surface area (Å²) in [6.45, 7) is 3.27. The summed E-state index contributed by atoms with van der Waals surface area (Å²) in [6, 6.07) is 11.9. The summed E-state index contributed by atoms with van der Waals surface area (Å²) in [5.74, 6) is 0.656. The van der Waals surface area contributed by atoms with Crippen molar-refractivity contribution in [2.45, 2.75) is 36.7 Å². The summed E-state index contributed by atoms with van der Waals surface area (Å²) in [6.07, 6.45) is 4.45. The van der Waals surface area contributed by atoms with Gasteiger partial charge in [-0.15, -0.1) is 0 Å². The van der Waals surface area contributed by atoms with Gasteiger partial charge in [-0.3, -0.25) is 4.72 Å². The van der Waals surface area contributed by atoms with Crippen molar-refractivity contribution in [3.8, 4) is 5.75 Å². The molecule has 0 bridgehead atoms. The van der Waals surface area contributed by atoms with Crippen LogP contribution in [-0.2, 0) is 14.8 Å². The van der Waals surface area contributed by atoms with Gasteiger partial charge in [-0.05, 0) is 80.4 Å². The number of ether oxygens (including phenoxy) is 2. The van der Waals surface area contributed by atoms with Gasteiger partial charge in [0.05, 0.1) is 29.5 Å². The molecular weight excluding hydrogens is 460 g/mol. The van der Waals surface area contributed by atoms with Crippen LogP contribution in [0.15, 0.2) is 47.4 Å². The van der Waals surface area contributed by atoms with Gasteiger partial charge in [0.1, 0.15) is 5.75 Å². The largest absolute Gasteiger partial charge is 0.497 e. The maximum absolute atomic E-state index is 13.1. The molecule has 33 heavy (non-hydrogen) atoms. The van der Waals surface area contributed by atoms with Gasteiger partial charge in [0.15, 0.2) is 5.11 Å². The van der Waals surface area contributed by atoms with E-state index >= 15 is 0 Å². The monoisotopic (exact) mass is 490 g/mol. The van der Waals surface area contributed by atoms with Crippen LogP contribution in [0.2, 0.25) is 0 Å². The van der Waals surface area contributed by atoms with Gasteiger partial charge in [0, 0.05) is 31.9 Å². The van der Waals surface area contributed by atoms with Crippen molar-refractivity contribution in [1.82, 2.24) is 5.32 Å². The zero-order chi connectivity index (χ0) is 23.3. The molecule has 3 N–H and O–H groups in total. The first-order chi connectivity index (χ1) is 15.9. The average molecular weight is 491 g/mol. The molecule has 10 heteroatoms. The van der Waals surface area contributed by atoms with Crippen molar-refractivity contribution < 1.29 is 17.9 Å². The molecule has 2 aromatic carbocycles. The maximum Gasteiger partial charge on any atom is 0.261 e. The van der Waals surface area contributed by atoms with E-state index in [1.807, 2.05) is 6.07 Å². The lowest BCUT2D eigenvalue weighted by Gasteiger charge is -2.23. The molecular formula is C23H30N4O4S2. The Hall–Kier alpha value is -2.56. The van der Waals surface area contributed by atoms with Crippen LogP contribution in [0, 0.1) is 0 Å². The quantitative estimate of drug-likeness (QED) is 0.484. The van der Waals surface area contributed by atoms with Gasteiger partial charge in [0.25, 0.3) is 10.0 Å². The molecule has 2 heterocycles. The lowest BCUT2D eigenvalue weighted by Crippen LogP contribution is -2.35. The second-order valence-corrected chi connectivity index (χ2v) is 10.3. The Morgan fingerprint density at radius 3 is 2.58 bits per heavy atom. The Morgan fingerprint density at radius 2 is 1.91 bits per heavy atom. The Kier molecular flexibility index (Phi) is 7.56. The maximum atomic E-state index is 13.1. The van der Waals surface area contributed by atoms with Gasteiger partial charge in [0.2, 0.25) is 0 Å². The highest BCUT2D eigenvalue weighted by atomic mass is 32.2. The fourth-order valence-corrected chi connectivity index (χ4v) is 5.35. The smallest absolute Gasteiger partial charge is 0.261 e. The van der Waals surface area contributed by atoms with Crippen molar-refractivity contribution in [2.24, 2.45) is 0 Å². The first-order valence-electron chi connectivity index (χ1n) is 11.2. The number of thiocarbonyl (C=S) groups is 1. The van der Waals surface area contributed by atoms with Crippen LogP contribution in [-0.4, -0.2) is 53.0 Å². The molecule has 0 saturated carbocycles. The molecule has 2 saturated heterocycles. The highest BCUT2D eigenvalue weighted by molar-refractivity contribution is 7.92. The van der Waals surface area contributed by atoms with E-state index in [-0.39, 0.29) is 11.0 Å². The van der Waals surface area contributed by atoms with Crippen LogP contribution in [0.4, 0.5) is 17.1 Å². The third-order valence-electron chi connectivity index (χ3n) is 5.83. The van der Waals surface area contributed by atoms with E-state index in [0.717, 1.165) is 51.1 Å². The van der Waals surface area contributed by atoms with Crippen LogP contribution in [0.3, 0.4) is 0 Å². The van der Waals surface area contributed by atoms with E-state index in [0.29, 0.717) is 28.8 Å². The zero-order valence-electron chi connectivity index (χ0n) is 18.7. The topological polar surface area (TPSA) is 91.9 Å². The van der Waals surface area contributed by atoms with E-state index < -0.39 is 10.0 Å². The molecule has 1 atom stereocenters. The summed E-state index contributed by atoms with van der Waals surface area (Å²) >= 11 is 5.50. The molecule has 1 unspecified atom stereocenters. The second kappa shape index (κ2) is 10.6. The Morgan fingerprint density at radius 1 is 1.15 bits per heavy atom. The van der Waals surface area contributed by atoms with E-state index in [4.69, 9.17) is 21.7 Å². The van der Waals surface area contributed by atoms with E-state index in [1.165, 1.54) is 0 Å². The van der Waals surface area contributed by atoms with Gasteiger partial charge in [-0.2, -0.15) is 0 Å². The SMILES string of the molecule is COc1ccc(NS(=O)(=O)c2ccc(N3CCCC3)c(NC(=S)NCC3CCCO3)c2)cc1. The minimum Gasteiger partial charge on any atom is -0.497 e. The molecule has 0 aromatic heterocycles. The van der Waals surface area contributed by atoms with E-state index in [2.05, 4.69) is 20.3 Å². The van der Waals surface area contributed by atoms with Crippen molar-refractivity contribution >= 4 is 44.4 Å². The summed E-state index contributed by atoms with van der Waals surface area (Å²) in [4.78, 5) is 2.41. The standard InChI is InChI=1S/C23H30N4O4S2/c1-30-18-8-6-17(7-9-18)26-33(28,29)20-10-11-22(27-12-2-3-13-27)21(15-20)25-23(32)24-16-19-5-4-14-31-19/h6-11,15,19,26H,2-5,12-14,16H2,1H3,(H2,24,25,32). The molecule has 8 nitrogen and oxygen atoms in total. The number of benzene rings is 2. The van der Waals surface area contributed by atoms with E-state index in [1.54, 1.807) is 43.5 Å². The summed E-state index contributed by atoms with van der Waals surface area (Å²) < 4.78 is 39.6. The Balaban J connectivity index is 1.53. The minimum absolute atomic E-state index is 0.156. The second-order valence-electron chi connectivity index (χ2n) is 8.18. The van der Waals surface area contributed by atoms with Crippen LogP contribution in [0.5, 0.6) is 5.75 Å². The third kappa shape index (κ3) is 6.07. The summed E-state index contributed by atoms with van der Waals surface area (Å²) in [5, 5.41) is 6.86. The molecule has 0 aliphatic carbocycles. The molecule has 0 spiro atoms. The average Bonchev–Trinajstić information content (AvgIpc) is 3.52. The number of methoxy groups -OCH3 is 1. The Labute approximate surface area is 200 Å². The van der Waals surface area contributed by atoms with Crippen LogP contribution < -0.4 is 25.0 Å². The third-order valence-corrected chi connectivity index (χ3v) is 7.46. The van der Waals surface area contributed by atoms with Gasteiger partial charge < -0.3 is 25.0 Å². The van der Waals surface area contributed by atoms with Crippen molar-refractivity contribution in [3.05, 3.63) is 42.5 Å². The van der Waals surface area contributed by atoms with Gasteiger partial charge >= 0.3 is 0 Å². The van der Waals surface area contributed by atoms with Crippen molar-refractivity contribution in [3.63, 3.8) is 0 Å². The number of hydrogen-bond donors (Lipinski definition) is 3. The van der Waals surface area contributed by atoms with Gasteiger partial charge in [-0.25, -0.2) is 8.42 Å². The molecule has 2 fully saturated rings. The molecule has 0 amide bonds. The fourth-order valence-electron chi connectivity index (χ4n) is 4.07. The number of hydrogen-bond acceptors (Lipinski definition) is 6. The molecule has 0 radical (unpaired) electrons. The molecule has 4 rings (SSSR count).